The minimum atomic E-state index is -0.136. The van der Waals surface area contributed by atoms with Crippen molar-refractivity contribution >= 4 is 0 Å². The van der Waals surface area contributed by atoms with Crippen molar-refractivity contribution in [2.75, 3.05) is 13.7 Å². The van der Waals surface area contributed by atoms with Gasteiger partial charge in [-0.1, -0.05) is 17.7 Å². The maximum Gasteiger partial charge on any atom is 0.127 e. The summed E-state index contributed by atoms with van der Waals surface area (Å²) >= 11 is 0. The summed E-state index contributed by atoms with van der Waals surface area (Å²) in [4.78, 5) is 0. The molecule has 0 heterocycles. The van der Waals surface area contributed by atoms with Gasteiger partial charge in [0.25, 0.3) is 0 Å². The first-order valence-corrected chi connectivity index (χ1v) is 6.16. The Balaban J connectivity index is 1.87. The largest absolute Gasteiger partial charge is 0.377 e. The van der Waals surface area contributed by atoms with Crippen molar-refractivity contribution in [3.05, 3.63) is 35.1 Å². The fraction of sp³-hybridized carbons (Fsp3) is 0.571. The first-order valence-electron chi connectivity index (χ1n) is 6.16. The van der Waals surface area contributed by atoms with Crippen LogP contribution >= 0.6 is 0 Å². The van der Waals surface area contributed by atoms with Crippen LogP contribution in [0.4, 0.5) is 4.39 Å². The fourth-order valence-electron chi connectivity index (χ4n) is 2.29. The number of methoxy groups -OCH3 is 1. The van der Waals surface area contributed by atoms with Crippen molar-refractivity contribution in [3.63, 3.8) is 0 Å². The van der Waals surface area contributed by atoms with Gasteiger partial charge < -0.3 is 10.1 Å². The van der Waals surface area contributed by atoms with Gasteiger partial charge in [0, 0.05) is 25.8 Å². The number of rotatable bonds is 5. The molecule has 2 nitrogen and oxygen atoms in total. The van der Waals surface area contributed by atoms with Gasteiger partial charge in [0.1, 0.15) is 5.82 Å². The van der Waals surface area contributed by atoms with Gasteiger partial charge >= 0.3 is 0 Å². The van der Waals surface area contributed by atoms with Crippen LogP contribution in [0.1, 0.15) is 30.4 Å². The average molecular weight is 237 g/mol. The summed E-state index contributed by atoms with van der Waals surface area (Å²) in [5, 5.41) is 3.30. The lowest BCUT2D eigenvalue weighted by molar-refractivity contribution is -0.0695. The van der Waals surface area contributed by atoms with E-state index in [1.807, 2.05) is 13.0 Å². The molecule has 3 heteroatoms. The van der Waals surface area contributed by atoms with Crippen LogP contribution in [0.25, 0.3) is 0 Å². The standard InChI is InChI=1S/C14H20FNO/c1-11-4-5-13(15)12(8-11)9-16-10-14(17-2)6-3-7-14/h4-5,8,16H,3,6-7,9-10H2,1-2H3. The molecule has 1 aromatic rings. The lowest BCUT2D eigenvalue weighted by atomic mass is 9.80. The Hall–Kier alpha value is -0.930. The van der Waals surface area contributed by atoms with Crippen LogP contribution in [0, 0.1) is 12.7 Å². The molecule has 2 rings (SSSR count). The second-order valence-electron chi connectivity index (χ2n) is 4.94. The number of ether oxygens (including phenoxy) is 1. The molecule has 0 atom stereocenters. The van der Waals surface area contributed by atoms with Gasteiger partial charge in [-0.2, -0.15) is 0 Å². The lowest BCUT2D eigenvalue weighted by Gasteiger charge is -2.40. The highest BCUT2D eigenvalue weighted by molar-refractivity contribution is 5.23. The Labute approximate surface area is 102 Å². The zero-order valence-electron chi connectivity index (χ0n) is 10.6. The van der Waals surface area contributed by atoms with E-state index in [0.717, 1.165) is 30.5 Å². The van der Waals surface area contributed by atoms with E-state index in [0.29, 0.717) is 6.54 Å². The predicted octanol–water partition coefficient (Wildman–Crippen LogP) is 2.79. The van der Waals surface area contributed by atoms with E-state index in [1.54, 1.807) is 13.2 Å². The van der Waals surface area contributed by atoms with E-state index in [4.69, 9.17) is 4.74 Å². The zero-order valence-corrected chi connectivity index (χ0v) is 10.6. The highest BCUT2D eigenvalue weighted by Crippen LogP contribution is 2.34. The van der Waals surface area contributed by atoms with Crippen molar-refractivity contribution in [1.29, 1.82) is 0 Å². The summed E-state index contributed by atoms with van der Waals surface area (Å²) < 4.78 is 19.0. The number of hydrogen-bond donors (Lipinski definition) is 1. The summed E-state index contributed by atoms with van der Waals surface area (Å²) in [6.45, 7) is 3.35. The summed E-state index contributed by atoms with van der Waals surface area (Å²) in [6, 6.07) is 5.21. The number of aryl methyl sites for hydroxylation is 1. The first-order chi connectivity index (χ1) is 8.15. The summed E-state index contributed by atoms with van der Waals surface area (Å²) in [7, 11) is 1.76. The molecule has 1 fully saturated rings. The van der Waals surface area contributed by atoms with Crippen molar-refractivity contribution in [2.45, 2.75) is 38.3 Å². The molecule has 1 saturated carbocycles. The second-order valence-corrected chi connectivity index (χ2v) is 4.94. The molecule has 0 amide bonds. The number of benzene rings is 1. The second kappa shape index (κ2) is 5.15. The molecule has 0 spiro atoms. The third kappa shape index (κ3) is 2.85. The van der Waals surface area contributed by atoms with Crippen molar-refractivity contribution in [3.8, 4) is 0 Å². The molecule has 1 N–H and O–H groups in total. The van der Waals surface area contributed by atoms with Gasteiger partial charge in [-0.15, -0.1) is 0 Å². The van der Waals surface area contributed by atoms with Gasteiger partial charge in [0.2, 0.25) is 0 Å². The maximum absolute atomic E-state index is 13.5. The Kier molecular flexibility index (Phi) is 3.79. The van der Waals surface area contributed by atoms with E-state index in [9.17, 15) is 4.39 Å². The third-order valence-electron chi connectivity index (χ3n) is 3.66. The minimum Gasteiger partial charge on any atom is -0.377 e. The van der Waals surface area contributed by atoms with Crippen LogP contribution in [-0.2, 0) is 11.3 Å². The van der Waals surface area contributed by atoms with Crippen molar-refractivity contribution in [1.82, 2.24) is 5.32 Å². The predicted molar refractivity (Wildman–Crippen MR) is 66.4 cm³/mol. The van der Waals surface area contributed by atoms with Crippen LogP contribution in [0.5, 0.6) is 0 Å². The van der Waals surface area contributed by atoms with Crippen LogP contribution in [0.3, 0.4) is 0 Å². The van der Waals surface area contributed by atoms with E-state index in [1.165, 1.54) is 12.5 Å². The highest BCUT2D eigenvalue weighted by atomic mass is 19.1. The molecule has 0 aliphatic heterocycles. The van der Waals surface area contributed by atoms with E-state index in [2.05, 4.69) is 5.32 Å². The zero-order chi connectivity index (χ0) is 12.3. The van der Waals surface area contributed by atoms with E-state index in [-0.39, 0.29) is 11.4 Å². The van der Waals surface area contributed by atoms with Crippen LogP contribution < -0.4 is 5.32 Å². The van der Waals surface area contributed by atoms with Gasteiger partial charge in [0.15, 0.2) is 0 Å². The van der Waals surface area contributed by atoms with Gasteiger partial charge in [0.05, 0.1) is 5.60 Å². The molecule has 94 valence electrons. The Bertz CT molecular complexity index is 382. The molecule has 0 unspecified atom stereocenters. The summed E-state index contributed by atoms with van der Waals surface area (Å²) in [5.74, 6) is -0.136. The van der Waals surface area contributed by atoms with E-state index < -0.39 is 0 Å². The minimum absolute atomic E-state index is 0.000299. The van der Waals surface area contributed by atoms with Crippen LogP contribution in [0.2, 0.25) is 0 Å². The monoisotopic (exact) mass is 237 g/mol. The number of nitrogens with one attached hydrogen (secondary N) is 1. The van der Waals surface area contributed by atoms with Crippen molar-refractivity contribution < 1.29 is 9.13 Å². The molecule has 0 bridgehead atoms. The molecule has 1 aliphatic carbocycles. The fourth-order valence-corrected chi connectivity index (χ4v) is 2.29. The van der Waals surface area contributed by atoms with Crippen LogP contribution in [-0.4, -0.2) is 19.3 Å². The van der Waals surface area contributed by atoms with Crippen LogP contribution in [0.15, 0.2) is 18.2 Å². The number of hydrogen-bond acceptors (Lipinski definition) is 2. The van der Waals surface area contributed by atoms with E-state index >= 15 is 0 Å². The first kappa shape index (κ1) is 12.5. The summed E-state index contributed by atoms with van der Waals surface area (Å²) in [6.07, 6.45) is 3.44. The maximum atomic E-state index is 13.5. The molecule has 17 heavy (non-hydrogen) atoms. The average Bonchev–Trinajstić information content (AvgIpc) is 2.27. The molecular weight excluding hydrogens is 217 g/mol. The molecular formula is C14H20FNO. The molecule has 1 aliphatic rings. The smallest absolute Gasteiger partial charge is 0.127 e. The van der Waals surface area contributed by atoms with Gasteiger partial charge in [-0.05, 0) is 32.3 Å². The molecule has 1 aromatic carbocycles. The summed E-state index contributed by atoms with van der Waals surface area (Å²) in [5.41, 5.74) is 1.82. The topological polar surface area (TPSA) is 21.3 Å². The third-order valence-corrected chi connectivity index (χ3v) is 3.66. The Morgan fingerprint density at radius 1 is 1.41 bits per heavy atom. The molecule has 0 aromatic heterocycles. The highest BCUT2D eigenvalue weighted by Gasteiger charge is 2.36. The molecule has 0 saturated heterocycles. The van der Waals surface area contributed by atoms with Gasteiger partial charge in [-0.3, -0.25) is 0 Å². The quantitative estimate of drug-likeness (QED) is 0.850. The van der Waals surface area contributed by atoms with Gasteiger partial charge in [-0.25, -0.2) is 4.39 Å². The lowest BCUT2D eigenvalue weighted by Crippen LogP contribution is -2.47. The normalized spacial score (nSPS) is 17.8. The molecule has 0 radical (unpaired) electrons. The number of halogens is 1. The Morgan fingerprint density at radius 2 is 2.18 bits per heavy atom. The SMILES string of the molecule is COC1(CNCc2cc(C)ccc2F)CCC1. The van der Waals surface area contributed by atoms with Crippen molar-refractivity contribution in [2.24, 2.45) is 0 Å². The Morgan fingerprint density at radius 3 is 2.76 bits per heavy atom.